The van der Waals surface area contributed by atoms with Crippen molar-refractivity contribution in [3.05, 3.63) is 52.4 Å². The number of aromatic nitrogens is 4. The van der Waals surface area contributed by atoms with Gasteiger partial charge in [-0.15, -0.1) is 5.10 Å². The number of nitrogens with zero attached hydrogens (tertiary/aromatic N) is 4. The quantitative estimate of drug-likeness (QED) is 0.736. The standard InChI is InChI=1S/C12H8ClF2N5/c13-9-5-11-18-10(19-20(11)12(16)17-9)4-6-7(14)2-1-3-8(6)15/h1-3,5H,4H2,(H2,16,17). The molecule has 0 radical (unpaired) electrons. The molecule has 0 aliphatic carbocycles. The number of anilines is 1. The van der Waals surface area contributed by atoms with Gasteiger partial charge < -0.3 is 5.73 Å². The Labute approximate surface area is 117 Å². The zero-order chi connectivity index (χ0) is 14.3. The first-order chi connectivity index (χ1) is 9.54. The van der Waals surface area contributed by atoms with Crippen molar-refractivity contribution in [2.24, 2.45) is 0 Å². The molecule has 0 atom stereocenters. The second-order valence-corrected chi connectivity index (χ2v) is 4.50. The maximum atomic E-state index is 13.6. The third kappa shape index (κ3) is 2.16. The van der Waals surface area contributed by atoms with E-state index in [-0.39, 0.29) is 28.9 Å². The van der Waals surface area contributed by atoms with E-state index in [2.05, 4.69) is 15.1 Å². The summed E-state index contributed by atoms with van der Waals surface area (Å²) < 4.78 is 28.4. The van der Waals surface area contributed by atoms with Crippen LogP contribution in [0.15, 0.2) is 24.3 Å². The Morgan fingerprint density at radius 2 is 1.90 bits per heavy atom. The lowest BCUT2D eigenvalue weighted by molar-refractivity contribution is 0.559. The van der Waals surface area contributed by atoms with Crippen LogP contribution in [-0.4, -0.2) is 19.6 Å². The molecule has 0 amide bonds. The Morgan fingerprint density at radius 1 is 1.20 bits per heavy atom. The molecule has 0 fully saturated rings. The lowest BCUT2D eigenvalue weighted by Gasteiger charge is -2.01. The molecular formula is C12H8ClF2N5. The van der Waals surface area contributed by atoms with Crippen molar-refractivity contribution in [3.63, 3.8) is 0 Å². The number of nitrogens with two attached hydrogens (primary N) is 1. The van der Waals surface area contributed by atoms with Gasteiger partial charge >= 0.3 is 0 Å². The van der Waals surface area contributed by atoms with E-state index >= 15 is 0 Å². The number of hydrogen-bond acceptors (Lipinski definition) is 4. The van der Waals surface area contributed by atoms with Gasteiger partial charge in [0.1, 0.15) is 16.8 Å². The Hall–Kier alpha value is -2.28. The second kappa shape index (κ2) is 4.68. The summed E-state index contributed by atoms with van der Waals surface area (Å²) in [6.07, 6.45) is -0.0861. The van der Waals surface area contributed by atoms with E-state index in [4.69, 9.17) is 17.3 Å². The molecule has 20 heavy (non-hydrogen) atoms. The zero-order valence-corrected chi connectivity index (χ0v) is 10.8. The summed E-state index contributed by atoms with van der Waals surface area (Å²) in [6, 6.07) is 5.13. The summed E-state index contributed by atoms with van der Waals surface area (Å²) in [5.74, 6) is -1.01. The highest BCUT2D eigenvalue weighted by atomic mass is 35.5. The molecule has 2 aromatic heterocycles. The zero-order valence-electron chi connectivity index (χ0n) is 10.0. The highest BCUT2D eigenvalue weighted by Gasteiger charge is 2.14. The number of fused-ring (bicyclic) bond motifs is 1. The van der Waals surface area contributed by atoms with E-state index in [0.29, 0.717) is 5.65 Å². The number of hydrogen-bond donors (Lipinski definition) is 1. The van der Waals surface area contributed by atoms with Crippen molar-refractivity contribution in [2.45, 2.75) is 6.42 Å². The Morgan fingerprint density at radius 3 is 2.60 bits per heavy atom. The fraction of sp³-hybridized carbons (Fsp3) is 0.0833. The van der Waals surface area contributed by atoms with Crippen molar-refractivity contribution < 1.29 is 8.78 Å². The molecular weight excluding hydrogens is 288 g/mol. The topological polar surface area (TPSA) is 69.1 Å². The van der Waals surface area contributed by atoms with E-state index in [9.17, 15) is 8.78 Å². The van der Waals surface area contributed by atoms with Crippen molar-refractivity contribution >= 4 is 23.2 Å². The molecule has 5 nitrogen and oxygen atoms in total. The van der Waals surface area contributed by atoms with Crippen LogP contribution in [0, 0.1) is 11.6 Å². The lowest BCUT2D eigenvalue weighted by Crippen LogP contribution is -2.02. The predicted octanol–water partition coefficient (Wildman–Crippen LogP) is 2.23. The van der Waals surface area contributed by atoms with Gasteiger partial charge in [0.2, 0.25) is 5.95 Å². The van der Waals surface area contributed by atoms with Crippen molar-refractivity contribution in [1.29, 1.82) is 0 Å². The molecule has 2 heterocycles. The first-order valence-corrected chi connectivity index (χ1v) is 6.03. The van der Waals surface area contributed by atoms with E-state index in [1.807, 2.05) is 0 Å². The largest absolute Gasteiger partial charge is 0.368 e. The molecule has 0 saturated carbocycles. The summed E-state index contributed by atoms with van der Waals surface area (Å²) in [5.41, 5.74) is 5.91. The average molecular weight is 296 g/mol. The van der Waals surface area contributed by atoms with Crippen LogP contribution in [0.4, 0.5) is 14.7 Å². The van der Waals surface area contributed by atoms with Crippen LogP contribution >= 0.6 is 11.6 Å². The summed E-state index contributed by atoms with van der Waals surface area (Å²) in [5, 5.41) is 4.23. The van der Waals surface area contributed by atoms with Crippen LogP contribution in [-0.2, 0) is 6.42 Å². The van der Waals surface area contributed by atoms with E-state index in [1.165, 1.54) is 28.8 Å². The molecule has 3 rings (SSSR count). The molecule has 0 bridgehead atoms. The van der Waals surface area contributed by atoms with Crippen LogP contribution in [0.3, 0.4) is 0 Å². The smallest absolute Gasteiger partial charge is 0.224 e. The summed E-state index contributed by atoms with van der Waals surface area (Å²) in [7, 11) is 0. The third-order valence-corrected chi connectivity index (χ3v) is 2.95. The fourth-order valence-electron chi connectivity index (χ4n) is 1.86. The Kier molecular flexibility index (Phi) is 2.98. The molecule has 3 aromatic rings. The van der Waals surface area contributed by atoms with Gasteiger partial charge in [0, 0.05) is 18.1 Å². The van der Waals surface area contributed by atoms with Gasteiger partial charge in [-0.25, -0.2) is 18.7 Å². The molecule has 0 saturated heterocycles. The molecule has 0 aliphatic heterocycles. The van der Waals surface area contributed by atoms with E-state index in [1.54, 1.807) is 0 Å². The van der Waals surface area contributed by atoms with Crippen molar-refractivity contribution in [3.8, 4) is 0 Å². The summed E-state index contributed by atoms with van der Waals surface area (Å²) >= 11 is 5.75. The number of benzene rings is 1. The first-order valence-electron chi connectivity index (χ1n) is 5.65. The summed E-state index contributed by atoms with van der Waals surface area (Å²) in [4.78, 5) is 7.94. The molecule has 0 aliphatic rings. The van der Waals surface area contributed by atoms with E-state index in [0.717, 1.165) is 0 Å². The predicted molar refractivity (Wildman–Crippen MR) is 69.4 cm³/mol. The Balaban J connectivity index is 2.06. The lowest BCUT2D eigenvalue weighted by atomic mass is 10.1. The van der Waals surface area contributed by atoms with Gasteiger partial charge in [-0.3, -0.25) is 0 Å². The van der Waals surface area contributed by atoms with Gasteiger partial charge in [-0.1, -0.05) is 17.7 Å². The molecule has 0 spiro atoms. The van der Waals surface area contributed by atoms with Gasteiger partial charge in [0.15, 0.2) is 11.5 Å². The number of nitrogen functional groups attached to an aromatic ring is 1. The minimum absolute atomic E-state index is 0.0558. The van der Waals surface area contributed by atoms with Gasteiger partial charge in [-0.05, 0) is 12.1 Å². The summed E-state index contributed by atoms with van der Waals surface area (Å²) in [6.45, 7) is 0. The van der Waals surface area contributed by atoms with Gasteiger partial charge in [0.05, 0.1) is 0 Å². The second-order valence-electron chi connectivity index (χ2n) is 4.11. The third-order valence-electron chi connectivity index (χ3n) is 2.76. The van der Waals surface area contributed by atoms with Gasteiger partial charge in [-0.2, -0.15) is 4.52 Å². The molecule has 1 aromatic carbocycles. The molecule has 102 valence electrons. The van der Waals surface area contributed by atoms with Crippen LogP contribution < -0.4 is 5.73 Å². The van der Waals surface area contributed by atoms with Crippen LogP contribution in [0.25, 0.3) is 5.65 Å². The van der Waals surface area contributed by atoms with Crippen LogP contribution in [0.5, 0.6) is 0 Å². The van der Waals surface area contributed by atoms with Crippen LogP contribution in [0.1, 0.15) is 11.4 Å². The maximum absolute atomic E-state index is 13.6. The number of halogens is 3. The fourth-order valence-corrected chi connectivity index (χ4v) is 2.04. The number of rotatable bonds is 2. The minimum atomic E-state index is -0.645. The monoisotopic (exact) mass is 295 g/mol. The van der Waals surface area contributed by atoms with Crippen molar-refractivity contribution in [2.75, 3.05) is 5.73 Å². The van der Waals surface area contributed by atoms with Gasteiger partial charge in [0.25, 0.3) is 0 Å². The highest BCUT2D eigenvalue weighted by Crippen LogP contribution is 2.17. The highest BCUT2D eigenvalue weighted by molar-refractivity contribution is 6.29. The van der Waals surface area contributed by atoms with Crippen molar-refractivity contribution in [1.82, 2.24) is 19.6 Å². The normalized spacial score (nSPS) is 11.2. The van der Waals surface area contributed by atoms with Crippen LogP contribution in [0.2, 0.25) is 5.15 Å². The Bertz CT molecular complexity index is 782. The molecule has 2 N–H and O–H groups in total. The van der Waals surface area contributed by atoms with E-state index < -0.39 is 11.6 Å². The average Bonchev–Trinajstić information content (AvgIpc) is 2.77. The first kappa shape index (κ1) is 12.7. The SMILES string of the molecule is Nc1nc(Cl)cc2nc(Cc3c(F)cccc3F)nn12. The maximum Gasteiger partial charge on any atom is 0.224 e. The molecule has 8 heteroatoms. The minimum Gasteiger partial charge on any atom is -0.368 e. The molecule has 0 unspecified atom stereocenters.